The Kier molecular flexibility index (Phi) is 3.69. The van der Waals surface area contributed by atoms with Gasteiger partial charge in [-0.15, -0.1) is 0 Å². The summed E-state index contributed by atoms with van der Waals surface area (Å²) < 4.78 is 18.2. The third-order valence-corrected chi connectivity index (χ3v) is 4.52. The van der Waals surface area contributed by atoms with Crippen LogP contribution in [-0.2, 0) is 14.9 Å². The van der Waals surface area contributed by atoms with Crippen molar-refractivity contribution in [1.29, 1.82) is 10.7 Å². The van der Waals surface area contributed by atoms with Crippen LogP contribution >= 0.6 is 0 Å². The van der Waals surface area contributed by atoms with E-state index < -0.39 is 23.1 Å². The lowest BCUT2D eigenvalue weighted by Gasteiger charge is -2.28. The van der Waals surface area contributed by atoms with Gasteiger partial charge in [-0.1, -0.05) is 35.9 Å². The van der Waals surface area contributed by atoms with E-state index in [0.29, 0.717) is 16.7 Å². The van der Waals surface area contributed by atoms with Gasteiger partial charge >= 0.3 is 5.97 Å². The monoisotopic (exact) mass is 322 g/mol. The normalized spacial score (nSPS) is 21.9. The quantitative estimate of drug-likeness (QED) is 0.863. The van der Waals surface area contributed by atoms with E-state index in [-0.39, 0.29) is 5.71 Å². The lowest BCUT2D eigenvalue weighted by atomic mass is 9.70. The molecule has 1 aliphatic rings. The van der Waals surface area contributed by atoms with Gasteiger partial charge in [0.05, 0.1) is 18.9 Å². The molecule has 2 aromatic rings. The van der Waals surface area contributed by atoms with E-state index >= 15 is 0 Å². The number of ether oxygens (including phenoxy) is 1. The first-order valence-corrected chi connectivity index (χ1v) is 7.40. The number of hydrogen-bond acceptors (Lipinski definition) is 4. The number of rotatable bonds is 2. The van der Waals surface area contributed by atoms with Gasteiger partial charge < -0.3 is 10.1 Å². The Hall–Kier alpha value is -3.00. The lowest BCUT2D eigenvalue weighted by Crippen LogP contribution is -2.39. The highest BCUT2D eigenvalue weighted by Gasteiger charge is 2.56. The highest BCUT2D eigenvalue weighted by Crippen LogP contribution is 2.48. The van der Waals surface area contributed by atoms with E-state index in [1.807, 2.05) is 13.0 Å². The molecular weight excluding hydrogens is 307 g/mol. The summed E-state index contributed by atoms with van der Waals surface area (Å²) in [4.78, 5) is 12.4. The third-order valence-electron chi connectivity index (χ3n) is 4.52. The summed E-state index contributed by atoms with van der Waals surface area (Å²) in [6, 6.07) is 13.1. The molecule has 24 heavy (non-hydrogen) atoms. The summed E-state index contributed by atoms with van der Waals surface area (Å²) >= 11 is 0. The minimum Gasteiger partial charge on any atom is -0.468 e. The van der Waals surface area contributed by atoms with Crippen molar-refractivity contribution in [1.82, 2.24) is 0 Å². The second-order valence-corrected chi connectivity index (χ2v) is 5.85. The number of esters is 1. The van der Waals surface area contributed by atoms with Gasteiger partial charge in [-0.25, -0.2) is 4.39 Å². The fraction of sp³-hybridized carbons (Fsp3) is 0.211. The Bertz CT molecular complexity index is 883. The molecule has 0 fully saturated rings. The van der Waals surface area contributed by atoms with E-state index in [9.17, 15) is 14.4 Å². The number of nitrogens with one attached hydrogen (secondary N) is 1. The van der Waals surface area contributed by atoms with Crippen molar-refractivity contribution in [3.63, 3.8) is 0 Å². The fourth-order valence-corrected chi connectivity index (χ4v) is 3.38. The predicted octanol–water partition coefficient (Wildman–Crippen LogP) is 3.11. The number of nitriles is 1. The maximum absolute atomic E-state index is 13.3. The topological polar surface area (TPSA) is 73.9 Å². The second-order valence-electron chi connectivity index (χ2n) is 5.85. The SMILES string of the molecule is COC(=O)C1C(=N)c2ccc(C)cc2C1(C#N)c1ccc(F)cc1. The molecule has 0 saturated carbocycles. The summed E-state index contributed by atoms with van der Waals surface area (Å²) in [6.45, 7) is 1.88. The van der Waals surface area contributed by atoms with Gasteiger partial charge in [0.15, 0.2) is 0 Å². The van der Waals surface area contributed by atoms with Crippen molar-refractivity contribution in [2.75, 3.05) is 7.11 Å². The minimum absolute atomic E-state index is 0.0442. The fourth-order valence-electron chi connectivity index (χ4n) is 3.38. The van der Waals surface area contributed by atoms with Crippen LogP contribution in [0.3, 0.4) is 0 Å². The Morgan fingerprint density at radius 3 is 2.54 bits per heavy atom. The molecule has 1 N–H and O–H groups in total. The standard InChI is InChI=1S/C19H15FN2O2/c1-11-3-8-14-15(9-11)19(10-21,12-4-6-13(20)7-5-12)16(17(14)22)18(23)24-2/h3-9,16,22H,1-2H3. The van der Waals surface area contributed by atoms with E-state index in [0.717, 1.165) is 5.56 Å². The number of carbonyl (C=O) groups excluding carboxylic acids is 1. The summed E-state index contributed by atoms with van der Waals surface area (Å²) in [7, 11) is 1.23. The maximum Gasteiger partial charge on any atom is 0.317 e. The van der Waals surface area contributed by atoms with E-state index in [4.69, 9.17) is 10.1 Å². The number of fused-ring (bicyclic) bond motifs is 1. The first-order valence-electron chi connectivity index (χ1n) is 7.40. The Balaban J connectivity index is 2.37. The van der Waals surface area contributed by atoms with Gasteiger partial charge in [0.25, 0.3) is 0 Å². The minimum atomic E-state index is -1.40. The van der Waals surface area contributed by atoms with Gasteiger partial charge in [0, 0.05) is 5.56 Å². The van der Waals surface area contributed by atoms with Crippen LogP contribution < -0.4 is 0 Å². The van der Waals surface area contributed by atoms with Crippen LogP contribution in [0.5, 0.6) is 0 Å². The van der Waals surface area contributed by atoms with Gasteiger partial charge in [-0.3, -0.25) is 4.79 Å². The highest BCUT2D eigenvalue weighted by atomic mass is 19.1. The number of benzene rings is 2. The Morgan fingerprint density at radius 1 is 1.29 bits per heavy atom. The smallest absolute Gasteiger partial charge is 0.317 e. The molecule has 2 unspecified atom stereocenters. The highest BCUT2D eigenvalue weighted by molar-refractivity contribution is 6.16. The first-order chi connectivity index (χ1) is 11.5. The Morgan fingerprint density at radius 2 is 1.96 bits per heavy atom. The number of hydrogen-bond donors (Lipinski definition) is 1. The van der Waals surface area contributed by atoms with Crippen LogP contribution in [0.4, 0.5) is 4.39 Å². The van der Waals surface area contributed by atoms with Crippen molar-refractivity contribution in [3.8, 4) is 6.07 Å². The van der Waals surface area contributed by atoms with Gasteiger partial charge in [-0.2, -0.15) is 5.26 Å². The molecule has 0 aliphatic heterocycles. The first kappa shape index (κ1) is 15.9. The molecule has 0 bridgehead atoms. The van der Waals surface area contributed by atoms with Crippen LogP contribution in [-0.4, -0.2) is 18.8 Å². The second kappa shape index (κ2) is 5.57. The predicted molar refractivity (Wildman–Crippen MR) is 86.3 cm³/mol. The summed E-state index contributed by atoms with van der Waals surface area (Å²) in [6.07, 6.45) is 0. The molecule has 2 aromatic carbocycles. The summed E-state index contributed by atoms with van der Waals surface area (Å²) in [5, 5.41) is 18.5. The molecule has 0 saturated heterocycles. The van der Waals surface area contributed by atoms with Crippen LogP contribution in [0.15, 0.2) is 42.5 Å². The zero-order chi connectivity index (χ0) is 17.5. The molecule has 0 aromatic heterocycles. The average molecular weight is 322 g/mol. The van der Waals surface area contributed by atoms with Crippen LogP contribution in [0, 0.1) is 35.4 Å². The van der Waals surface area contributed by atoms with Gasteiger partial charge in [-0.05, 0) is 30.2 Å². The van der Waals surface area contributed by atoms with Crippen molar-refractivity contribution in [2.45, 2.75) is 12.3 Å². The zero-order valence-electron chi connectivity index (χ0n) is 13.3. The molecule has 0 heterocycles. The number of aryl methyl sites for hydroxylation is 1. The van der Waals surface area contributed by atoms with Gasteiger partial charge in [0.1, 0.15) is 17.2 Å². The molecule has 4 nitrogen and oxygen atoms in total. The van der Waals surface area contributed by atoms with E-state index in [2.05, 4.69) is 6.07 Å². The molecule has 5 heteroatoms. The number of nitrogens with zero attached hydrogens (tertiary/aromatic N) is 1. The molecule has 3 rings (SSSR count). The van der Waals surface area contributed by atoms with Crippen molar-refractivity contribution in [3.05, 3.63) is 70.5 Å². The zero-order valence-corrected chi connectivity index (χ0v) is 13.3. The maximum atomic E-state index is 13.3. The van der Waals surface area contributed by atoms with E-state index in [1.165, 1.54) is 31.4 Å². The molecule has 1 aliphatic carbocycles. The van der Waals surface area contributed by atoms with Gasteiger partial charge in [0.2, 0.25) is 0 Å². The summed E-state index contributed by atoms with van der Waals surface area (Å²) in [5.41, 5.74) is 1.14. The molecule has 0 radical (unpaired) electrons. The van der Waals surface area contributed by atoms with Crippen molar-refractivity contribution >= 4 is 11.7 Å². The lowest BCUT2D eigenvalue weighted by molar-refractivity contribution is -0.143. The number of carbonyl (C=O) groups is 1. The molecular formula is C19H15FN2O2. The van der Waals surface area contributed by atoms with E-state index in [1.54, 1.807) is 12.1 Å². The number of methoxy groups -OCH3 is 1. The summed E-state index contributed by atoms with van der Waals surface area (Å²) in [5.74, 6) is -2.17. The Labute approximate surface area is 139 Å². The number of halogens is 1. The average Bonchev–Trinajstić information content (AvgIpc) is 2.83. The van der Waals surface area contributed by atoms with Crippen LogP contribution in [0.1, 0.15) is 22.3 Å². The third kappa shape index (κ3) is 2.04. The molecule has 120 valence electrons. The molecule has 2 atom stereocenters. The largest absolute Gasteiger partial charge is 0.468 e. The van der Waals surface area contributed by atoms with Crippen LogP contribution in [0.25, 0.3) is 0 Å². The van der Waals surface area contributed by atoms with Crippen LogP contribution in [0.2, 0.25) is 0 Å². The molecule has 0 spiro atoms. The molecule has 0 amide bonds. The van der Waals surface area contributed by atoms with Crippen molar-refractivity contribution < 1.29 is 13.9 Å². The van der Waals surface area contributed by atoms with Crippen molar-refractivity contribution in [2.24, 2.45) is 5.92 Å².